The summed E-state index contributed by atoms with van der Waals surface area (Å²) in [7, 11) is 1.75. The number of nitrogens with two attached hydrogens (primary N) is 1. The number of nitrogens with one attached hydrogen (secondary N) is 1. The number of rotatable bonds is 7. The van der Waals surface area contributed by atoms with Gasteiger partial charge in [0.1, 0.15) is 5.82 Å². The maximum Gasteiger partial charge on any atom is 0.123 e. The fourth-order valence-electron chi connectivity index (χ4n) is 2.60. The lowest BCUT2D eigenvalue weighted by molar-refractivity contribution is 0.0684. The minimum absolute atomic E-state index is 0.000500. The topological polar surface area (TPSA) is 60.2 Å². The summed E-state index contributed by atoms with van der Waals surface area (Å²) in [6.45, 7) is 2.99. The SMILES string of the molecule is CCNC(Cc1ccnc(N)c1)C(OC)c1ccccc1. The Labute approximate surface area is 126 Å². The molecule has 3 N–H and O–H groups in total. The maximum absolute atomic E-state index is 5.77. The number of likely N-dealkylation sites (N-methyl/N-ethyl adjacent to an activating group) is 1. The van der Waals surface area contributed by atoms with E-state index in [1.54, 1.807) is 13.3 Å². The molecule has 0 aliphatic rings. The van der Waals surface area contributed by atoms with Crippen LogP contribution in [0, 0.1) is 0 Å². The van der Waals surface area contributed by atoms with E-state index >= 15 is 0 Å². The average Bonchev–Trinajstić information content (AvgIpc) is 2.49. The van der Waals surface area contributed by atoms with Gasteiger partial charge in [-0.25, -0.2) is 4.98 Å². The number of benzene rings is 1. The number of pyridine rings is 1. The van der Waals surface area contributed by atoms with Crippen molar-refractivity contribution in [2.45, 2.75) is 25.5 Å². The van der Waals surface area contributed by atoms with Crippen LogP contribution >= 0.6 is 0 Å². The van der Waals surface area contributed by atoms with Gasteiger partial charge >= 0.3 is 0 Å². The monoisotopic (exact) mass is 285 g/mol. The largest absolute Gasteiger partial charge is 0.384 e. The molecule has 21 heavy (non-hydrogen) atoms. The van der Waals surface area contributed by atoms with Crippen LogP contribution in [0.4, 0.5) is 5.82 Å². The van der Waals surface area contributed by atoms with Crippen molar-refractivity contribution in [2.24, 2.45) is 0 Å². The summed E-state index contributed by atoms with van der Waals surface area (Å²) in [5, 5.41) is 3.51. The smallest absolute Gasteiger partial charge is 0.123 e. The maximum atomic E-state index is 5.77. The summed E-state index contributed by atoms with van der Waals surface area (Å²) in [4.78, 5) is 4.04. The van der Waals surface area contributed by atoms with Gasteiger partial charge in [-0.15, -0.1) is 0 Å². The van der Waals surface area contributed by atoms with Gasteiger partial charge in [0.2, 0.25) is 0 Å². The molecular formula is C17H23N3O. The molecule has 0 spiro atoms. The first-order valence-corrected chi connectivity index (χ1v) is 7.26. The number of aromatic nitrogens is 1. The van der Waals surface area contributed by atoms with Crippen molar-refractivity contribution >= 4 is 5.82 Å². The molecule has 2 aromatic rings. The average molecular weight is 285 g/mol. The second kappa shape index (κ2) is 7.76. The standard InChI is InChI=1S/C17H23N3O/c1-3-19-15(11-13-9-10-20-16(18)12-13)17(21-2)14-7-5-4-6-8-14/h4-10,12,15,17,19H,3,11H2,1-2H3,(H2,18,20). The molecule has 2 rings (SSSR count). The van der Waals surface area contributed by atoms with Crippen LogP contribution in [0.2, 0.25) is 0 Å². The Bertz CT molecular complexity index is 545. The molecule has 1 aromatic carbocycles. The van der Waals surface area contributed by atoms with Crippen molar-refractivity contribution in [2.75, 3.05) is 19.4 Å². The Hall–Kier alpha value is -1.91. The molecular weight excluding hydrogens is 262 g/mol. The summed E-state index contributed by atoms with van der Waals surface area (Å²) in [5.41, 5.74) is 8.10. The molecule has 1 heterocycles. The first kappa shape index (κ1) is 15.5. The number of ether oxygens (including phenoxy) is 1. The molecule has 112 valence electrons. The van der Waals surface area contributed by atoms with E-state index < -0.39 is 0 Å². The number of hydrogen-bond donors (Lipinski definition) is 2. The highest BCUT2D eigenvalue weighted by Gasteiger charge is 2.22. The highest BCUT2D eigenvalue weighted by atomic mass is 16.5. The number of anilines is 1. The van der Waals surface area contributed by atoms with Crippen molar-refractivity contribution in [1.29, 1.82) is 0 Å². The summed E-state index contributed by atoms with van der Waals surface area (Å²) in [6.07, 6.45) is 2.59. The lowest BCUT2D eigenvalue weighted by Crippen LogP contribution is -2.37. The summed E-state index contributed by atoms with van der Waals surface area (Å²) < 4.78 is 5.74. The van der Waals surface area contributed by atoms with Crippen molar-refractivity contribution in [1.82, 2.24) is 10.3 Å². The van der Waals surface area contributed by atoms with Crippen LogP contribution in [0.5, 0.6) is 0 Å². The van der Waals surface area contributed by atoms with E-state index in [0.29, 0.717) is 5.82 Å². The van der Waals surface area contributed by atoms with Gasteiger partial charge in [-0.05, 0) is 36.2 Å². The summed E-state index contributed by atoms with van der Waals surface area (Å²) in [6, 6.07) is 14.4. The molecule has 0 radical (unpaired) electrons. The molecule has 1 aromatic heterocycles. The van der Waals surface area contributed by atoms with Crippen LogP contribution in [-0.4, -0.2) is 24.7 Å². The Morgan fingerprint density at radius 1 is 1.24 bits per heavy atom. The van der Waals surface area contributed by atoms with Crippen molar-refractivity contribution in [3.8, 4) is 0 Å². The third-order valence-electron chi connectivity index (χ3n) is 3.51. The molecule has 0 amide bonds. The number of hydrogen-bond acceptors (Lipinski definition) is 4. The highest BCUT2D eigenvalue weighted by molar-refractivity contribution is 5.32. The van der Waals surface area contributed by atoms with Crippen molar-refractivity contribution in [3.63, 3.8) is 0 Å². The van der Waals surface area contributed by atoms with Crippen LogP contribution in [-0.2, 0) is 11.2 Å². The van der Waals surface area contributed by atoms with Crippen molar-refractivity contribution < 1.29 is 4.74 Å². The van der Waals surface area contributed by atoms with Gasteiger partial charge in [-0.3, -0.25) is 0 Å². The molecule has 4 nitrogen and oxygen atoms in total. The van der Waals surface area contributed by atoms with E-state index in [-0.39, 0.29) is 12.1 Å². The van der Waals surface area contributed by atoms with Crippen molar-refractivity contribution in [3.05, 3.63) is 59.8 Å². The van der Waals surface area contributed by atoms with Crippen LogP contribution in [0.1, 0.15) is 24.2 Å². The molecule has 4 heteroatoms. The zero-order chi connectivity index (χ0) is 15.1. The van der Waals surface area contributed by atoms with E-state index in [2.05, 4.69) is 29.4 Å². The van der Waals surface area contributed by atoms with E-state index in [9.17, 15) is 0 Å². The van der Waals surface area contributed by atoms with Gasteiger partial charge in [0.15, 0.2) is 0 Å². The van der Waals surface area contributed by atoms with E-state index in [1.807, 2.05) is 30.3 Å². The fourth-order valence-corrected chi connectivity index (χ4v) is 2.60. The molecule has 0 aliphatic carbocycles. The van der Waals surface area contributed by atoms with Crippen LogP contribution in [0.3, 0.4) is 0 Å². The second-order valence-corrected chi connectivity index (χ2v) is 5.02. The first-order valence-electron chi connectivity index (χ1n) is 7.26. The minimum Gasteiger partial charge on any atom is -0.384 e. The zero-order valence-corrected chi connectivity index (χ0v) is 12.6. The Balaban J connectivity index is 2.20. The van der Waals surface area contributed by atoms with Gasteiger partial charge in [0, 0.05) is 19.3 Å². The molecule has 0 fully saturated rings. The second-order valence-electron chi connectivity index (χ2n) is 5.02. The predicted octanol–water partition coefficient (Wildman–Crippen LogP) is 2.57. The quantitative estimate of drug-likeness (QED) is 0.821. The van der Waals surface area contributed by atoms with Gasteiger partial charge in [-0.1, -0.05) is 37.3 Å². The van der Waals surface area contributed by atoms with Crippen LogP contribution in [0.25, 0.3) is 0 Å². The Kier molecular flexibility index (Phi) is 5.72. The lowest BCUT2D eigenvalue weighted by atomic mass is 9.96. The molecule has 2 unspecified atom stereocenters. The van der Waals surface area contributed by atoms with Crippen LogP contribution in [0.15, 0.2) is 48.7 Å². The predicted molar refractivity (Wildman–Crippen MR) is 86.0 cm³/mol. The first-order chi connectivity index (χ1) is 10.2. The van der Waals surface area contributed by atoms with Gasteiger partial charge in [0.25, 0.3) is 0 Å². The van der Waals surface area contributed by atoms with E-state index in [4.69, 9.17) is 10.5 Å². The lowest BCUT2D eigenvalue weighted by Gasteiger charge is -2.27. The van der Waals surface area contributed by atoms with Gasteiger partial charge in [0.05, 0.1) is 6.10 Å². The normalized spacial score (nSPS) is 13.8. The molecule has 0 saturated heterocycles. The molecule has 0 bridgehead atoms. The third-order valence-corrected chi connectivity index (χ3v) is 3.51. The summed E-state index contributed by atoms with van der Waals surface area (Å²) in [5.74, 6) is 0.552. The highest BCUT2D eigenvalue weighted by Crippen LogP contribution is 2.23. The minimum atomic E-state index is 0.000500. The number of nitrogen functional groups attached to an aromatic ring is 1. The van der Waals surface area contributed by atoms with Gasteiger partial charge in [-0.2, -0.15) is 0 Å². The molecule has 2 atom stereocenters. The number of methoxy groups -OCH3 is 1. The number of nitrogens with zero attached hydrogens (tertiary/aromatic N) is 1. The molecule has 0 saturated carbocycles. The summed E-state index contributed by atoms with van der Waals surface area (Å²) >= 11 is 0. The van der Waals surface area contributed by atoms with Gasteiger partial charge < -0.3 is 15.8 Å². The fraction of sp³-hybridized carbons (Fsp3) is 0.353. The zero-order valence-electron chi connectivity index (χ0n) is 12.6. The Morgan fingerprint density at radius 2 is 2.00 bits per heavy atom. The third kappa shape index (κ3) is 4.28. The van der Waals surface area contributed by atoms with E-state index in [1.165, 1.54) is 5.56 Å². The Morgan fingerprint density at radius 3 is 2.62 bits per heavy atom. The van der Waals surface area contributed by atoms with E-state index in [0.717, 1.165) is 18.5 Å². The van der Waals surface area contributed by atoms with Crippen LogP contribution < -0.4 is 11.1 Å². The molecule has 0 aliphatic heterocycles.